The molecule has 0 saturated heterocycles. The summed E-state index contributed by atoms with van der Waals surface area (Å²) in [4.78, 5) is 24.9. The van der Waals surface area contributed by atoms with Crippen LogP contribution in [0.4, 0.5) is 11.4 Å². The van der Waals surface area contributed by atoms with E-state index in [1.54, 1.807) is 30.1 Å². The molecule has 6 nitrogen and oxygen atoms in total. The van der Waals surface area contributed by atoms with Gasteiger partial charge in [0.1, 0.15) is 0 Å². The fourth-order valence-electron chi connectivity index (χ4n) is 1.85. The van der Waals surface area contributed by atoms with Gasteiger partial charge in [0.15, 0.2) is 0 Å². The molecule has 20 heavy (non-hydrogen) atoms. The summed E-state index contributed by atoms with van der Waals surface area (Å²) in [5.74, 6) is -0.311. The summed E-state index contributed by atoms with van der Waals surface area (Å²) in [5.41, 5.74) is 12.4. The van der Waals surface area contributed by atoms with Gasteiger partial charge in [-0.3, -0.25) is 9.59 Å². The van der Waals surface area contributed by atoms with Crippen LogP contribution in [0.1, 0.15) is 24.2 Å². The number of carbonyl (C=O) groups excluding carboxylic acids is 2. The molecule has 1 rings (SSSR count). The van der Waals surface area contributed by atoms with Crippen molar-refractivity contribution in [2.45, 2.75) is 13.8 Å². The molecular weight excluding hydrogens is 256 g/mol. The number of rotatable bonds is 6. The zero-order valence-corrected chi connectivity index (χ0v) is 12.1. The van der Waals surface area contributed by atoms with Gasteiger partial charge < -0.3 is 21.7 Å². The summed E-state index contributed by atoms with van der Waals surface area (Å²) in [7, 11) is 1.70. The Bertz CT molecular complexity index is 500. The number of nitrogens with two attached hydrogens (primary N) is 2. The quantitative estimate of drug-likeness (QED) is 0.662. The third-order valence-corrected chi connectivity index (χ3v) is 2.80. The van der Waals surface area contributed by atoms with Crippen LogP contribution in [0.3, 0.4) is 0 Å². The first kappa shape index (κ1) is 15.8. The minimum atomic E-state index is -0.568. The monoisotopic (exact) mass is 278 g/mol. The van der Waals surface area contributed by atoms with E-state index in [9.17, 15) is 9.59 Å². The van der Waals surface area contributed by atoms with Crippen LogP contribution in [0.15, 0.2) is 18.2 Å². The number of amides is 2. The van der Waals surface area contributed by atoms with E-state index in [4.69, 9.17) is 11.5 Å². The Morgan fingerprint density at radius 1 is 1.35 bits per heavy atom. The first-order valence-corrected chi connectivity index (χ1v) is 6.49. The molecule has 0 aliphatic heterocycles. The van der Waals surface area contributed by atoms with Gasteiger partial charge in [0.25, 0.3) is 5.91 Å². The Hall–Kier alpha value is -2.24. The minimum absolute atomic E-state index is 0.112. The van der Waals surface area contributed by atoms with E-state index in [-0.39, 0.29) is 12.5 Å². The number of benzene rings is 1. The summed E-state index contributed by atoms with van der Waals surface area (Å²) in [6, 6.07) is 4.92. The Morgan fingerprint density at radius 3 is 2.55 bits per heavy atom. The van der Waals surface area contributed by atoms with Gasteiger partial charge in [-0.25, -0.2) is 0 Å². The van der Waals surface area contributed by atoms with Crippen molar-refractivity contribution < 1.29 is 9.59 Å². The van der Waals surface area contributed by atoms with Gasteiger partial charge in [-0.15, -0.1) is 0 Å². The Balaban J connectivity index is 2.84. The van der Waals surface area contributed by atoms with Gasteiger partial charge in [0, 0.05) is 13.6 Å². The number of para-hydroxylation sites is 1. The van der Waals surface area contributed by atoms with Crippen LogP contribution < -0.4 is 21.7 Å². The van der Waals surface area contributed by atoms with Gasteiger partial charge in [-0.05, 0) is 18.1 Å². The average Bonchev–Trinajstić information content (AvgIpc) is 2.35. The number of nitrogen functional groups attached to an aromatic ring is 1. The standard InChI is InChI=1S/C14H22N4O2/c1-9(2)7-17-12(19)8-18(3)13-10(14(16)20)5-4-6-11(13)15/h4-6,9H,7-8,15H2,1-3H3,(H2,16,20)(H,17,19). The highest BCUT2D eigenvalue weighted by Crippen LogP contribution is 2.26. The lowest BCUT2D eigenvalue weighted by atomic mass is 10.1. The Morgan fingerprint density at radius 2 is 2.00 bits per heavy atom. The van der Waals surface area contributed by atoms with Crippen molar-refractivity contribution in [3.05, 3.63) is 23.8 Å². The van der Waals surface area contributed by atoms with Crippen LogP contribution in [0, 0.1) is 5.92 Å². The first-order valence-electron chi connectivity index (χ1n) is 6.49. The van der Waals surface area contributed by atoms with Crippen molar-refractivity contribution in [1.29, 1.82) is 0 Å². The second-order valence-corrected chi connectivity index (χ2v) is 5.16. The molecule has 110 valence electrons. The van der Waals surface area contributed by atoms with Crippen molar-refractivity contribution in [3.8, 4) is 0 Å². The molecule has 1 aromatic rings. The van der Waals surface area contributed by atoms with Gasteiger partial charge in [-0.2, -0.15) is 0 Å². The van der Waals surface area contributed by atoms with Gasteiger partial charge >= 0.3 is 0 Å². The van der Waals surface area contributed by atoms with Crippen LogP contribution in [-0.2, 0) is 4.79 Å². The molecule has 0 bridgehead atoms. The summed E-state index contributed by atoms with van der Waals surface area (Å²) in [6.07, 6.45) is 0. The molecule has 6 heteroatoms. The third kappa shape index (κ3) is 4.15. The van der Waals surface area contributed by atoms with Gasteiger partial charge in [0.05, 0.1) is 23.5 Å². The first-order chi connectivity index (χ1) is 9.32. The normalized spacial score (nSPS) is 10.4. The van der Waals surface area contributed by atoms with Crippen LogP contribution in [0.25, 0.3) is 0 Å². The minimum Gasteiger partial charge on any atom is -0.397 e. The predicted molar refractivity (Wildman–Crippen MR) is 80.5 cm³/mol. The molecule has 0 aromatic heterocycles. The fraction of sp³-hybridized carbons (Fsp3) is 0.429. The number of hydrogen-bond acceptors (Lipinski definition) is 4. The maximum absolute atomic E-state index is 11.8. The number of anilines is 2. The van der Waals surface area contributed by atoms with Crippen LogP contribution >= 0.6 is 0 Å². The molecule has 5 N–H and O–H groups in total. The van der Waals surface area contributed by atoms with Crippen molar-refractivity contribution in [3.63, 3.8) is 0 Å². The van der Waals surface area contributed by atoms with E-state index in [0.717, 1.165) is 0 Å². The number of likely N-dealkylation sites (N-methyl/N-ethyl adjacent to an activating group) is 1. The van der Waals surface area contributed by atoms with Gasteiger partial charge in [0.2, 0.25) is 5.91 Å². The lowest BCUT2D eigenvalue weighted by Crippen LogP contribution is -2.37. The highest BCUT2D eigenvalue weighted by atomic mass is 16.2. The number of nitrogens with one attached hydrogen (secondary N) is 1. The van der Waals surface area contributed by atoms with Crippen molar-refractivity contribution >= 4 is 23.2 Å². The van der Waals surface area contributed by atoms with Crippen molar-refractivity contribution in [2.75, 3.05) is 30.8 Å². The zero-order valence-electron chi connectivity index (χ0n) is 12.1. The van der Waals surface area contributed by atoms with E-state index in [0.29, 0.717) is 29.4 Å². The second-order valence-electron chi connectivity index (χ2n) is 5.16. The summed E-state index contributed by atoms with van der Waals surface area (Å²) < 4.78 is 0. The smallest absolute Gasteiger partial charge is 0.250 e. The lowest BCUT2D eigenvalue weighted by Gasteiger charge is -2.23. The number of primary amides is 1. The number of carbonyl (C=O) groups is 2. The number of hydrogen-bond donors (Lipinski definition) is 3. The van der Waals surface area contributed by atoms with Crippen molar-refractivity contribution in [2.24, 2.45) is 11.7 Å². The highest BCUT2D eigenvalue weighted by Gasteiger charge is 2.17. The molecule has 0 heterocycles. The maximum Gasteiger partial charge on any atom is 0.250 e. The second kappa shape index (κ2) is 6.79. The fourth-order valence-corrected chi connectivity index (χ4v) is 1.85. The van der Waals surface area contributed by atoms with Crippen molar-refractivity contribution in [1.82, 2.24) is 5.32 Å². The summed E-state index contributed by atoms with van der Waals surface area (Å²) in [6.45, 7) is 4.76. The van der Waals surface area contributed by atoms with E-state index < -0.39 is 5.91 Å². The molecule has 0 atom stereocenters. The molecule has 0 fully saturated rings. The van der Waals surface area contributed by atoms with Crippen LogP contribution in [-0.4, -0.2) is 32.0 Å². The van der Waals surface area contributed by atoms with Crippen LogP contribution in [0.2, 0.25) is 0 Å². The Labute approximate surface area is 119 Å². The molecule has 1 aromatic carbocycles. The molecule has 2 amide bonds. The Kier molecular flexibility index (Phi) is 5.37. The largest absolute Gasteiger partial charge is 0.397 e. The average molecular weight is 278 g/mol. The third-order valence-electron chi connectivity index (χ3n) is 2.80. The molecule has 0 aliphatic carbocycles. The molecule has 0 aliphatic rings. The molecule has 0 saturated carbocycles. The summed E-state index contributed by atoms with van der Waals surface area (Å²) in [5, 5.41) is 2.81. The van der Waals surface area contributed by atoms with E-state index >= 15 is 0 Å². The number of nitrogens with zero attached hydrogens (tertiary/aromatic N) is 1. The molecular formula is C14H22N4O2. The summed E-state index contributed by atoms with van der Waals surface area (Å²) >= 11 is 0. The predicted octanol–water partition coefficient (Wildman–Crippen LogP) is 0.576. The molecule has 0 radical (unpaired) electrons. The molecule has 0 unspecified atom stereocenters. The van der Waals surface area contributed by atoms with E-state index in [1.165, 1.54) is 0 Å². The molecule has 0 spiro atoms. The van der Waals surface area contributed by atoms with E-state index in [2.05, 4.69) is 5.32 Å². The topological polar surface area (TPSA) is 101 Å². The zero-order chi connectivity index (χ0) is 15.3. The van der Waals surface area contributed by atoms with Crippen LogP contribution in [0.5, 0.6) is 0 Å². The lowest BCUT2D eigenvalue weighted by molar-refractivity contribution is -0.119. The highest BCUT2D eigenvalue weighted by molar-refractivity contribution is 6.02. The SMILES string of the molecule is CC(C)CNC(=O)CN(C)c1c(N)cccc1C(N)=O. The maximum atomic E-state index is 11.8. The van der Waals surface area contributed by atoms with E-state index in [1.807, 2.05) is 13.8 Å². The van der Waals surface area contributed by atoms with Gasteiger partial charge in [-0.1, -0.05) is 19.9 Å².